The lowest BCUT2D eigenvalue weighted by Crippen LogP contribution is -2.31. The molecule has 2 aliphatic heterocycles. The maximum absolute atomic E-state index is 3.81. The van der Waals surface area contributed by atoms with E-state index in [4.69, 9.17) is 0 Å². The predicted molar refractivity (Wildman–Crippen MR) is 40.3 cm³/mol. The van der Waals surface area contributed by atoms with E-state index in [1.54, 1.807) is 0 Å². The maximum Gasteiger partial charge on any atom is 0.0918 e. The van der Waals surface area contributed by atoms with Crippen molar-refractivity contribution in [2.75, 3.05) is 11.5 Å². The second-order valence-electron chi connectivity index (χ2n) is 2.52. The lowest BCUT2D eigenvalue weighted by atomic mass is 10.2. The van der Waals surface area contributed by atoms with E-state index in [0.717, 1.165) is 5.82 Å². The van der Waals surface area contributed by atoms with Crippen LogP contribution in [0.2, 0.25) is 0 Å². The van der Waals surface area contributed by atoms with Crippen LogP contribution in [-0.4, -0.2) is 23.6 Å². The molecule has 0 aromatic rings. The highest BCUT2D eigenvalue weighted by molar-refractivity contribution is 7.99. The fourth-order valence-corrected chi connectivity index (χ4v) is 2.60. The van der Waals surface area contributed by atoms with Crippen molar-refractivity contribution in [2.24, 2.45) is 0 Å². The van der Waals surface area contributed by atoms with Crippen molar-refractivity contribution in [3.8, 4) is 0 Å². The molecule has 0 radical (unpaired) electrons. The Kier molecular flexibility index (Phi) is 1.12. The zero-order chi connectivity index (χ0) is 6.27. The molecule has 2 saturated heterocycles. The molecule has 2 fully saturated rings. The van der Waals surface area contributed by atoms with Crippen LogP contribution in [0.1, 0.15) is 0 Å². The Balaban J connectivity index is 2.09. The normalized spacial score (nSPS) is 39.8. The fourth-order valence-electron chi connectivity index (χ4n) is 1.33. The molecule has 0 aliphatic carbocycles. The average Bonchev–Trinajstić information content (AvgIpc) is 2.22. The van der Waals surface area contributed by atoms with Crippen LogP contribution in [0.4, 0.5) is 0 Å². The zero-order valence-corrected chi connectivity index (χ0v) is 6.00. The number of thioether (sulfide) groups is 1. The minimum atomic E-state index is 0.655. The summed E-state index contributed by atoms with van der Waals surface area (Å²) in [4.78, 5) is 0. The van der Waals surface area contributed by atoms with Crippen LogP contribution < -0.4 is 10.6 Å². The molecule has 0 amide bonds. The minimum Gasteiger partial charge on any atom is -0.367 e. The maximum atomic E-state index is 3.81. The second-order valence-corrected chi connectivity index (χ2v) is 3.59. The molecule has 3 heteroatoms. The van der Waals surface area contributed by atoms with Gasteiger partial charge in [0.1, 0.15) is 0 Å². The third-order valence-electron chi connectivity index (χ3n) is 1.80. The van der Waals surface area contributed by atoms with Crippen LogP contribution in [0.15, 0.2) is 12.4 Å². The predicted octanol–water partition coefficient (Wildman–Crippen LogP) is 0.134. The summed E-state index contributed by atoms with van der Waals surface area (Å²) in [5, 5.41) is 6.58. The van der Waals surface area contributed by atoms with Crippen molar-refractivity contribution in [2.45, 2.75) is 12.1 Å². The minimum absolute atomic E-state index is 0.655. The van der Waals surface area contributed by atoms with Gasteiger partial charge in [-0.1, -0.05) is 6.58 Å². The van der Waals surface area contributed by atoms with E-state index in [1.807, 2.05) is 11.8 Å². The Labute approximate surface area is 59.1 Å². The van der Waals surface area contributed by atoms with E-state index in [-0.39, 0.29) is 0 Å². The first-order valence-electron chi connectivity index (χ1n) is 3.16. The van der Waals surface area contributed by atoms with Gasteiger partial charge in [0, 0.05) is 11.5 Å². The Bertz CT molecular complexity index is 132. The van der Waals surface area contributed by atoms with Gasteiger partial charge < -0.3 is 10.6 Å². The van der Waals surface area contributed by atoms with E-state index in [0.29, 0.717) is 12.1 Å². The molecule has 2 rings (SSSR count). The van der Waals surface area contributed by atoms with Gasteiger partial charge in [0.15, 0.2) is 0 Å². The number of nitrogens with one attached hydrogen (secondary N) is 2. The van der Waals surface area contributed by atoms with Crippen molar-refractivity contribution in [1.82, 2.24) is 10.6 Å². The van der Waals surface area contributed by atoms with Crippen molar-refractivity contribution in [3.05, 3.63) is 12.4 Å². The van der Waals surface area contributed by atoms with Crippen LogP contribution in [0.25, 0.3) is 0 Å². The Morgan fingerprint density at radius 2 is 1.89 bits per heavy atom. The molecule has 50 valence electrons. The fraction of sp³-hybridized carbons (Fsp3) is 0.667. The van der Waals surface area contributed by atoms with E-state index in [9.17, 15) is 0 Å². The van der Waals surface area contributed by atoms with Gasteiger partial charge in [-0.15, -0.1) is 0 Å². The standard InChI is InChI=1S/C6H10N2S/c1-4-7-5-2-9-3-6(5)8-4/h5-8H,1-3H2. The lowest BCUT2D eigenvalue weighted by Gasteiger charge is -2.03. The van der Waals surface area contributed by atoms with Crippen molar-refractivity contribution >= 4 is 11.8 Å². The van der Waals surface area contributed by atoms with Crippen LogP contribution in [0.5, 0.6) is 0 Å². The number of fused-ring (bicyclic) bond motifs is 1. The Morgan fingerprint density at radius 1 is 1.33 bits per heavy atom. The summed E-state index contributed by atoms with van der Waals surface area (Å²) in [5.41, 5.74) is 0. The monoisotopic (exact) mass is 142 g/mol. The first-order chi connectivity index (χ1) is 4.36. The molecule has 0 bridgehead atoms. The summed E-state index contributed by atoms with van der Waals surface area (Å²) in [5.74, 6) is 3.47. The van der Waals surface area contributed by atoms with E-state index in [2.05, 4.69) is 17.2 Å². The summed E-state index contributed by atoms with van der Waals surface area (Å²) < 4.78 is 0. The van der Waals surface area contributed by atoms with E-state index < -0.39 is 0 Å². The quantitative estimate of drug-likeness (QED) is 0.503. The summed E-state index contributed by atoms with van der Waals surface area (Å²) >= 11 is 2.00. The number of rotatable bonds is 0. The first-order valence-corrected chi connectivity index (χ1v) is 4.31. The molecule has 2 aliphatic rings. The summed E-state index contributed by atoms with van der Waals surface area (Å²) in [6, 6.07) is 1.31. The van der Waals surface area contributed by atoms with Crippen molar-refractivity contribution in [1.29, 1.82) is 0 Å². The third kappa shape index (κ3) is 0.796. The van der Waals surface area contributed by atoms with Crippen molar-refractivity contribution < 1.29 is 0 Å². The third-order valence-corrected chi connectivity index (χ3v) is 2.99. The Hall–Kier alpha value is -0.310. The molecule has 2 atom stereocenters. The van der Waals surface area contributed by atoms with Gasteiger partial charge in [-0.2, -0.15) is 11.8 Å². The SMILES string of the molecule is C=C1NC2CSCC2N1. The number of hydrogen-bond donors (Lipinski definition) is 2. The van der Waals surface area contributed by atoms with Crippen LogP contribution in [0.3, 0.4) is 0 Å². The van der Waals surface area contributed by atoms with Gasteiger partial charge in [-0.25, -0.2) is 0 Å². The molecule has 0 saturated carbocycles. The zero-order valence-electron chi connectivity index (χ0n) is 5.18. The summed E-state index contributed by atoms with van der Waals surface area (Å²) in [6.07, 6.45) is 0. The molecule has 9 heavy (non-hydrogen) atoms. The van der Waals surface area contributed by atoms with Gasteiger partial charge in [0.25, 0.3) is 0 Å². The van der Waals surface area contributed by atoms with Gasteiger partial charge in [-0.3, -0.25) is 0 Å². The van der Waals surface area contributed by atoms with Gasteiger partial charge in [0.05, 0.1) is 17.9 Å². The van der Waals surface area contributed by atoms with Gasteiger partial charge in [-0.05, 0) is 0 Å². The highest BCUT2D eigenvalue weighted by atomic mass is 32.2. The highest BCUT2D eigenvalue weighted by Gasteiger charge is 2.32. The molecule has 0 aromatic heterocycles. The van der Waals surface area contributed by atoms with E-state index in [1.165, 1.54) is 11.5 Å². The topological polar surface area (TPSA) is 24.1 Å². The molecule has 2 heterocycles. The largest absolute Gasteiger partial charge is 0.367 e. The van der Waals surface area contributed by atoms with Crippen LogP contribution in [-0.2, 0) is 0 Å². The van der Waals surface area contributed by atoms with Crippen LogP contribution >= 0.6 is 11.8 Å². The lowest BCUT2D eigenvalue weighted by molar-refractivity contribution is 0.620. The Morgan fingerprint density at radius 3 is 2.44 bits per heavy atom. The molecule has 2 nitrogen and oxygen atoms in total. The smallest absolute Gasteiger partial charge is 0.0918 e. The molecular formula is C6H10N2S. The molecule has 0 spiro atoms. The average molecular weight is 142 g/mol. The highest BCUT2D eigenvalue weighted by Crippen LogP contribution is 2.22. The second kappa shape index (κ2) is 1.84. The summed E-state index contributed by atoms with van der Waals surface area (Å²) in [7, 11) is 0. The number of hydrogen-bond acceptors (Lipinski definition) is 3. The first kappa shape index (κ1) is 5.47. The molecular weight excluding hydrogens is 132 g/mol. The molecule has 0 aromatic carbocycles. The van der Waals surface area contributed by atoms with Gasteiger partial charge >= 0.3 is 0 Å². The molecule has 2 N–H and O–H groups in total. The molecule has 2 unspecified atom stereocenters. The summed E-state index contributed by atoms with van der Waals surface area (Å²) in [6.45, 7) is 3.81. The van der Waals surface area contributed by atoms with Crippen molar-refractivity contribution in [3.63, 3.8) is 0 Å². The van der Waals surface area contributed by atoms with E-state index >= 15 is 0 Å². The van der Waals surface area contributed by atoms with Gasteiger partial charge in [0.2, 0.25) is 0 Å². The van der Waals surface area contributed by atoms with Crippen LogP contribution in [0, 0.1) is 0 Å².